The van der Waals surface area contributed by atoms with Crippen LogP contribution in [0, 0.1) is 0 Å². The van der Waals surface area contributed by atoms with Gasteiger partial charge in [-0.05, 0) is 6.92 Å². The predicted molar refractivity (Wildman–Crippen MR) is 51.5 cm³/mol. The molecule has 6 heteroatoms. The summed E-state index contributed by atoms with van der Waals surface area (Å²) in [6.07, 6.45) is 5.16. The van der Waals surface area contributed by atoms with E-state index in [1.54, 1.807) is 12.5 Å². The van der Waals surface area contributed by atoms with Crippen LogP contribution in [0.15, 0.2) is 18.7 Å². The van der Waals surface area contributed by atoms with Gasteiger partial charge in [0, 0.05) is 19.4 Å². The highest BCUT2D eigenvalue weighted by molar-refractivity contribution is 5.20. The molecule has 0 saturated carbocycles. The molecule has 0 aromatic carbocycles. The zero-order valence-corrected chi connectivity index (χ0v) is 8.12. The lowest BCUT2D eigenvalue weighted by atomic mass is 10.3. The number of nitrogens with zero attached hydrogens (tertiary/aromatic N) is 5. The van der Waals surface area contributed by atoms with Crippen molar-refractivity contribution in [2.24, 2.45) is 7.05 Å². The summed E-state index contributed by atoms with van der Waals surface area (Å²) in [5.41, 5.74) is 5.69. The number of rotatable bonds is 2. The number of hydrogen-bond acceptors (Lipinski definition) is 4. The summed E-state index contributed by atoms with van der Waals surface area (Å²) in [5.74, 6) is 1.34. The third-order valence-electron chi connectivity index (χ3n) is 2.24. The average molecular weight is 192 g/mol. The quantitative estimate of drug-likeness (QED) is 0.737. The van der Waals surface area contributed by atoms with Gasteiger partial charge in [-0.25, -0.2) is 4.98 Å². The van der Waals surface area contributed by atoms with E-state index in [0.717, 1.165) is 5.82 Å². The van der Waals surface area contributed by atoms with Crippen LogP contribution in [-0.2, 0) is 7.05 Å². The van der Waals surface area contributed by atoms with Crippen LogP contribution in [0.25, 0.3) is 0 Å². The highest BCUT2D eigenvalue weighted by Gasteiger charge is 2.14. The first-order valence-corrected chi connectivity index (χ1v) is 4.32. The van der Waals surface area contributed by atoms with Crippen LogP contribution in [0.5, 0.6) is 0 Å². The Kier molecular flexibility index (Phi) is 1.95. The molecule has 1 atom stereocenters. The Labute approximate surface area is 81.4 Å². The molecular weight excluding hydrogens is 180 g/mol. The fraction of sp³-hybridized carbons (Fsp3) is 0.375. The van der Waals surface area contributed by atoms with E-state index in [1.165, 1.54) is 0 Å². The van der Waals surface area contributed by atoms with Crippen molar-refractivity contribution >= 4 is 5.95 Å². The van der Waals surface area contributed by atoms with E-state index >= 15 is 0 Å². The molecule has 0 aliphatic rings. The molecule has 0 radical (unpaired) electrons. The van der Waals surface area contributed by atoms with Gasteiger partial charge in [-0.1, -0.05) is 0 Å². The maximum atomic E-state index is 5.69. The average Bonchev–Trinajstić information content (AvgIpc) is 2.73. The Bertz CT molecular complexity index is 388. The van der Waals surface area contributed by atoms with Crippen molar-refractivity contribution in [3.63, 3.8) is 0 Å². The van der Waals surface area contributed by atoms with Crippen molar-refractivity contribution in [3.05, 3.63) is 24.5 Å². The smallest absolute Gasteiger partial charge is 0.200 e. The molecule has 0 bridgehead atoms. The molecule has 2 aromatic heterocycles. The Morgan fingerprint density at radius 2 is 2.29 bits per heavy atom. The number of aryl methyl sites for hydroxylation is 1. The lowest BCUT2D eigenvalue weighted by Gasteiger charge is -2.13. The van der Waals surface area contributed by atoms with Crippen LogP contribution in [0.4, 0.5) is 5.95 Å². The van der Waals surface area contributed by atoms with Crippen LogP contribution < -0.4 is 5.73 Å². The van der Waals surface area contributed by atoms with Gasteiger partial charge in [-0.3, -0.25) is 0 Å². The highest BCUT2D eigenvalue weighted by atomic mass is 15.3. The van der Waals surface area contributed by atoms with Crippen molar-refractivity contribution in [3.8, 4) is 0 Å². The molecule has 0 spiro atoms. The standard InChI is InChI=1S/C8H12N6/c1-6(7-12-11-5-13(7)2)14-4-3-10-8(14)9/h3-6H,1-2H3,(H2,9,10). The minimum atomic E-state index is 0.0463. The molecule has 0 saturated heterocycles. The van der Waals surface area contributed by atoms with E-state index < -0.39 is 0 Å². The zero-order valence-electron chi connectivity index (χ0n) is 8.12. The van der Waals surface area contributed by atoms with Crippen molar-refractivity contribution in [2.45, 2.75) is 13.0 Å². The lowest BCUT2D eigenvalue weighted by Crippen LogP contribution is -2.13. The molecule has 2 heterocycles. The van der Waals surface area contributed by atoms with Gasteiger partial charge < -0.3 is 14.9 Å². The Morgan fingerprint density at radius 3 is 2.79 bits per heavy atom. The SMILES string of the molecule is CC(c1nncn1C)n1ccnc1N. The van der Waals surface area contributed by atoms with Gasteiger partial charge in [-0.2, -0.15) is 0 Å². The summed E-state index contributed by atoms with van der Waals surface area (Å²) < 4.78 is 3.72. The second-order valence-corrected chi connectivity index (χ2v) is 3.17. The summed E-state index contributed by atoms with van der Waals surface area (Å²) in [5, 5.41) is 7.84. The van der Waals surface area contributed by atoms with Crippen LogP contribution in [0.2, 0.25) is 0 Å². The molecule has 2 rings (SSSR count). The monoisotopic (exact) mass is 192 g/mol. The van der Waals surface area contributed by atoms with Gasteiger partial charge in [0.05, 0.1) is 6.04 Å². The zero-order chi connectivity index (χ0) is 10.1. The second kappa shape index (κ2) is 3.13. The summed E-state index contributed by atoms with van der Waals surface area (Å²) in [4.78, 5) is 3.96. The fourth-order valence-corrected chi connectivity index (χ4v) is 1.45. The van der Waals surface area contributed by atoms with Crippen molar-refractivity contribution in [2.75, 3.05) is 5.73 Å². The maximum Gasteiger partial charge on any atom is 0.200 e. The van der Waals surface area contributed by atoms with E-state index in [4.69, 9.17) is 5.73 Å². The highest BCUT2D eigenvalue weighted by Crippen LogP contribution is 2.16. The minimum Gasteiger partial charge on any atom is -0.369 e. The van der Waals surface area contributed by atoms with Crippen LogP contribution in [-0.4, -0.2) is 24.3 Å². The Hall–Kier alpha value is -1.85. The number of imidazole rings is 1. The largest absolute Gasteiger partial charge is 0.369 e. The van der Waals surface area contributed by atoms with E-state index in [-0.39, 0.29) is 6.04 Å². The Balaban J connectivity index is 2.38. The van der Waals surface area contributed by atoms with Crippen molar-refractivity contribution in [1.29, 1.82) is 0 Å². The number of aromatic nitrogens is 5. The number of hydrogen-bond donors (Lipinski definition) is 1. The number of nitrogen functional groups attached to an aromatic ring is 1. The van der Waals surface area contributed by atoms with E-state index in [2.05, 4.69) is 15.2 Å². The molecular formula is C8H12N6. The molecule has 0 fully saturated rings. The van der Waals surface area contributed by atoms with E-state index in [9.17, 15) is 0 Å². The first kappa shape index (κ1) is 8.74. The summed E-state index contributed by atoms with van der Waals surface area (Å²) in [7, 11) is 1.90. The molecule has 14 heavy (non-hydrogen) atoms. The molecule has 1 unspecified atom stereocenters. The lowest BCUT2D eigenvalue weighted by molar-refractivity contribution is 0.580. The number of anilines is 1. The van der Waals surface area contributed by atoms with Crippen molar-refractivity contribution < 1.29 is 0 Å². The minimum absolute atomic E-state index is 0.0463. The predicted octanol–water partition coefficient (Wildman–Crippen LogP) is 0.203. The first-order valence-electron chi connectivity index (χ1n) is 4.32. The molecule has 2 aromatic rings. The van der Waals surface area contributed by atoms with Crippen LogP contribution >= 0.6 is 0 Å². The maximum absolute atomic E-state index is 5.69. The fourth-order valence-electron chi connectivity index (χ4n) is 1.45. The summed E-state index contributed by atoms with van der Waals surface area (Å²) >= 11 is 0. The molecule has 6 nitrogen and oxygen atoms in total. The summed E-state index contributed by atoms with van der Waals surface area (Å²) in [6.45, 7) is 2.00. The van der Waals surface area contributed by atoms with Gasteiger partial charge in [0.25, 0.3) is 0 Å². The van der Waals surface area contributed by atoms with E-state index in [1.807, 2.05) is 29.3 Å². The molecule has 0 aliphatic heterocycles. The first-order chi connectivity index (χ1) is 6.70. The third kappa shape index (κ3) is 1.24. The normalized spacial score (nSPS) is 13.0. The third-order valence-corrected chi connectivity index (χ3v) is 2.24. The van der Waals surface area contributed by atoms with E-state index in [0.29, 0.717) is 5.95 Å². The van der Waals surface area contributed by atoms with Crippen molar-refractivity contribution in [1.82, 2.24) is 24.3 Å². The van der Waals surface area contributed by atoms with Gasteiger partial charge >= 0.3 is 0 Å². The topological polar surface area (TPSA) is 74.5 Å². The van der Waals surface area contributed by atoms with Gasteiger partial charge in [-0.15, -0.1) is 10.2 Å². The molecule has 2 N–H and O–H groups in total. The Morgan fingerprint density at radius 1 is 1.50 bits per heavy atom. The van der Waals surface area contributed by atoms with Gasteiger partial charge in [0.2, 0.25) is 5.95 Å². The molecule has 0 amide bonds. The van der Waals surface area contributed by atoms with Crippen LogP contribution in [0.3, 0.4) is 0 Å². The van der Waals surface area contributed by atoms with Gasteiger partial charge in [0.1, 0.15) is 6.33 Å². The van der Waals surface area contributed by atoms with Crippen LogP contribution in [0.1, 0.15) is 18.8 Å². The molecule has 0 aliphatic carbocycles. The second-order valence-electron chi connectivity index (χ2n) is 3.17. The van der Waals surface area contributed by atoms with Gasteiger partial charge in [0.15, 0.2) is 5.82 Å². The summed E-state index contributed by atoms with van der Waals surface area (Å²) in [6, 6.07) is 0.0463. The number of nitrogens with two attached hydrogens (primary N) is 1. The molecule has 74 valence electrons.